The molecule has 1 saturated heterocycles. The summed E-state index contributed by atoms with van der Waals surface area (Å²) in [5, 5.41) is 3.56. The summed E-state index contributed by atoms with van der Waals surface area (Å²) in [5.41, 5.74) is 2.25. The summed E-state index contributed by atoms with van der Waals surface area (Å²) in [6.45, 7) is 6.08. The SMILES string of the molecule is CCCNC(CCC1CCCO1)c1cc(F)ccc1C. The number of nitrogens with one attached hydrogen (secondary N) is 1. The first-order chi connectivity index (χ1) is 9.70. The predicted octanol–water partition coefficient (Wildman–Crippen LogP) is 4.13. The maximum absolute atomic E-state index is 13.5. The molecule has 0 aromatic heterocycles. The molecule has 0 bridgehead atoms. The van der Waals surface area contributed by atoms with Crippen molar-refractivity contribution in [1.82, 2.24) is 5.32 Å². The monoisotopic (exact) mass is 279 g/mol. The Morgan fingerprint density at radius 1 is 1.45 bits per heavy atom. The summed E-state index contributed by atoms with van der Waals surface area (Å²) in [6.07, 6.45) is 5.89. The average Bonchev–Trinajstić information content (AvgIpc) is 2.95. The van der Waals surface area contributed by atoms with E-state index in [1.807, 2.05) is 6.07 Å². The molecule has 2 nitrogen and oxygen atoms in total. The van der Waals surface area contributed by atoms with Gasteiger partial charge in [-0.1, -0.05) is 13.0 Å². The van der Waals surface area contributed by atoms with Gasteiger partial charge in [0.1, 0.15) is 5.82 Å². The molecule has 2 atom stereocenters. The lowest BCUT2D eigenvalue weighted by molar-refractivity contribution is 0.0995. The van der Waals surface area contributed by atoms with Crippen LogP contribution in [0.2, 0.25) is 0 Å². The van der Waals surface area contributed by atoms with Crippen molar-refractivity contribution in [1.29, 1.82) is 0 Å². The van der Waals surface area contributed by atoms with Crippen molar-refractivity contribution >= 4 is 0 Å². The lowest BCUT2D eigenvalue weighted by atomic mass is 9.95. The fourth-order valence-corrected chi connectivity index (χ4v) is 2.90. The molecular weight excluding hydrogens is 253 g/mol. The van der Waals surface area contributed by atoms with Crippen LogP contribution in [0.25, 0.3) is 0 Å². The van der Waals surface area contributed by atoms with E-state index >= 15 is 0 Å². The van der Waals surface area contributed by atoms with Crippen LogP contribution in [0, 0.1) is 12.7 Å². The molecule has 112 valence electrons. The van der Waals surface area contributed by atoms with Gasteiger partial charge in [0, 0.05) is 12.6 Å². The largest absolute Gasteiger partial charge is 0.378 e. The van der Waals surface area contributed by atoms with Gasteiger partial charge in [0.25, 0.3) is 0 Å². The van der Waals surface area contributed by atoms with E-state index in [1.54, 1.807) is 6.07 Å². The lowest BCUT2D eigenvalue weighted by Gasteiger charge is -2.22. The zero-order valence-corrected chi connectivity index (χ0v) is 12.6. The minimum absolute atomic E-state index is 0.147. The molecule has 20 heavy (non-hydrogen) atoms. The second kappa shape index (κ2) is 7.75. The van der Waals surface area contributed by atoms with Crippen molar-refractivity contribution in [2.75, 3.05) is 13.2 Å². The van der Waals surface area contributed by atoms with Crippen LogP contribution < -0.4 is 5.32 Å². The van der Waals surface area contributed by atoms with E-state index in [0.717, 1.165) is 43.5 Å². The normalized spacial score (nSPS) is 20.2. The maximum atomic E-state index is 13.5. The third-order valence-corrected chi connectivity index (χ3v) is 4.06. The molecule has 1 aromatic carbocycles. The number of hydrogen-bond donors (Lipinski definition) is 1. The number of benzene rings is 1. The maximum Gasteiger partial charge on any atom is 0.123 e. The molecule has 3 heteroatoms. The van der Waals surface area contributed by atoms with Gasteiger partial charge in [0.05, 0.1) is 6.10 Å². The van der Waals surface area contributed by atoms with Crippen molar-refractivity contribution in [2.45, 2.75) is 58.1 Å². The fourth-order valence-electron chi connectivity index (χ4n) is 2.90. The highest BCUT2D eigenvalue weighted by molar-refractivity contribution is 5.29. The third kappa shape index (κ3) is 4.29. The van der Waals surface area contributed by atoms with Gasteiger partial charge < -0.3 is 10.1 Å². The Balaban J connectivity index is 2.02. The van der Waals surface area contributed by atoms with Crippen LogP contribution in [0.1, 0.15) is 56.2 Å². The fraction of sp³-hybridized carbons (Fsp3) is 0.647. The number of halogens is 1. The summed E-state index contributed by atoms with van der Waals surface area (Å²) >= 11 is 0. The molecule has 0 spiro atoms. The van der Waals surface area contributed by atoms with E-state index in [4.69, 9.17) is 4.74 Å². The molecule has 2 rings (SSSR count). The molecule has 0 amide bonds. The van der Waals surface area contributed by atoms with Crippen molar-refractivity contribution < 1.29 is 9.13 Å². The second-order valence-electron chi connectivity index (χ2n) is 5.72. The second-order valence-corrected chi connectivity index (χ2v) is 5.72. The zero-order valence-electron chi connectivity index (χ0n) is 12.6. The highest BCUT2D eigenvalue weighted by Crippen LogP contribution is 2.26. The van der Waals surface area contributed by atoms with Gasteiger partial charge in [-0.2, -0.15) is 0 Å². The van der Waals surface area contributed by atoms with Crippen molar-refractivity contribution in [3.63, 3.8) is 0 Å². The lowest BCUT2D eigenvalue weighted by Crippen LogP contribution is -2.24. The Morgan fingerprint density at radius 3 is 3.00 bits per heavy atom. The Bertz CT molecular complexity index is 415. The van der Waals surface area contributed by atoms with Gasteiger partial charge in [0.2, 0.25) is 0 Å². The Morgan fingerprint density at radius 2 is 2.30 bits per heavy atom. The van der Waals surface area contributed by atoms with E-state index in [1.165, 1.54) is 18.9 Å². The average molecular weight is 279 g/mol. The highest BCUT2D eigenvalue weighted by atomic mass is 19.1. The van der Waals surface area contributed by atoms with E-state index in [0.29, 0.717) is 6.10 Å². The van der Waals surface area contributed by atoms with E-state index in [2.05, 4.69) is 19.2 Å². The summed E-state index contributed by atoms with van der Waals surface area (Å²) in [4.78, 5) is 0. The van der Waals surface area contributed by atoms with Crippen LogP contribution in [0.4, 0.5) is 4.39 Å². The van der Waals surface area contributed by atoms with Crippen LogP contribution >= 0.6 is 0 Å². The Labute approximate surface area is 121 Å². The van der Waals surface area contributed by atoms with Gasteiger partial charge in [0.15, 0.2) is 0 Å². The Kier molecular flexibility index (Phi) is 5.99. The molecule has 1 aliphatic heterocycles. The summed E-state index contributed by atoms with van der Waals surface area (Å²) in [5.74, 6) is -0.147. The van der Waals surface area contributed by atoms with Crippen molar-refractivity contribution in [2.24, 2.45) is 0 Å². The van der Waals surface area contributed by atoms with E-state index < -0.39 is 0 Å². The van der Waals surface area contributed by atoms with Gasteiger partial charge in [-0.15, -0.1) is 0 Å². The van der Waals surface area contributed by atoms with E-state index in [-0.39, 0.29) is 11.9 Å². The number of aryl methyl sites for hydroxylation is 1. The van der Waals surface area contributed by atoms with Crippen molar-refractivity contribution in [3.8, 4) is 0 Å². The molecule has 1 heterocycles. The summed E-state index contributed by atoms with van der Waals surface area (Å²) < 4.78 is 19.2. The van der Waals surface area contributed by atoms with Crippen LogP contribution in [0.3, 0.4) is 0 Å². The molecule has 0 aliphatic carbocycles. The van der Waals surface area contributed by atoms with Crippen LogP contribution in [-0.2, 0) is 4.74 Å². The molecule has 0 saturated carbocycles. The van der Waals surface area contributed by atoms with Gasteiger partial charge in [-0.3, -0.25) is 0 Å². The van der Waals surface area contributed by atoms with Gasteiger partial charge >= 0.3 is 0 Å². The van der Waals surface area contributed by atoms with Crippen LogP contribution in [-0.4, -0.2) is 19.3 Å². The molecular formula is C17H26FNO. The van der Waals surface area contributed by atoms with E-state index in [9.17, 15) is 4.39 Å². The molecule has 0 radical (unpaired) electrons. The predicted molar refractivity (Wildman–Crippen MR) is 80.4 cm³/mol. The van der Waals surface area contributed by atoms with Crippen LogP contribution in [0.15, 0.2) is 18.2 Å². The van der Waals surface area contributed by atoms with Gasteiger partial charge in [-0.05, 0) is 68.8 Å². The highest BCUT2D eigenvalue weighted by Gasteiger charge is 2.19. The minimum atomic E-state index is -0.147. The topological polar surface area (TPSA) is 21.3 Å². The smallest absolute Gasteiger partial charge is 0.123 e. The molecule has 1 N–H and O–H groups in total. The molecule has 1 aliphatic rings. The van der Waals surface area contributed by atoms with Crippen LogP contribution in [0.5, 0.6) is 0 Å². The number of rotatable bonds is 7. The summed E-state index contributed by atoms with van der Waals surface area (Å²) in [6, 6.07) is 5.32. The quantitative estimate of drug-likeness (QED) is 0.810. The first-order valence-corrected chi connectivity index (χ1v) is 7.81. The first-order valence-electron chi connectivity index (χ1n) is 7.81. The number of hydrogen-bond acceptors (Lipinski definition) is 2. The summed E-state index contributed by atoms with van der Waals surface area (Å²) in [7, 11) is 0. The molecule has 2 unspecified atom stereocenters. The zero-order chi connectivity index (χ0) is 14.4. The van der Waals surface area contributed by atoms with Crippen molar-refractivity contribution in [3.05, 3.63) is 35.1 Å². The third-order valence-electron chi connectivity index (χ3n) is 4.06. The molecule has 1 fully saturated rings. The minimum Gasteiger partial charge on any atom is -0.378 e. The van der Waals surface area contributed by atoms with Gasteiger partial charge in [-0.25, -0.2) is 4.39 Å². The molecule has 1 aromatic rings. The standard InChI is InChI=1S/C17H26FNO/c1-3-10-19-17(9-8-15-5-4-11-20-15)16-12-14(18)7-6-13(16)2/h6-7,12,15,17,19H,3-5,8-11H2,1-2H3. The Hall–Kier alpha value is -0.930. The first kappa shape index (κ1) is 15.5. The number of ether oxygens (including phenoxy) is 1.